The summed E-state index contributed by atoms with van der Waals surface area (Å²) in [4.78, 5) is 44.6. The minimum absolute atomic E-state index is 0.0638. The Morgan fingerprint density at radius 2 is 1.06 bits per heavy atom. The van der Waals surface area contributed by atoms with Crippen LogP contribution < -0.4 is 0 Å². The molecule has 366 valence electrons. The Morgan fingerprint density at radius 3 is 1.44 bits per heavy atom. The van der Waals surface area contributed by atoms with Crippen molar-refractivity contribution in [2.75, 3.05) is 24.9 Å². The summed E-state index contributed by atoms with van der Waals surface area (Å²) >= 11 is 5.07. The van der Waals surface area contributed by atoms with Gasteiger partial charge in [0.05, 0.1) is 18.1 Å². The number of ketones is 2. The molecule has 6 aromatic carbocycles. The van der Waals surface area contributed by atoms with Gasteiger partial charge in [0, 0.05) is 71.0 Å². The zero-order valence-corrected chi connectivity index (χ0v) is 43.2. The molecule has 10 rings (SSSR count). The van der Waals surface area contributed by atoms with Crippen LogP contribution in [0.15, 0.2) is 187 Å². The minimum Gasteiger partial charge on any atom is -0.465 e. The second-order valence-electron chi connectivity index (χ2n) is 18.3. The van der Waals surface area contributed by atoms with Crippen LogP contribution in [0.2, 0.25) is 0 Å². The summed E-state index contributed by atoms with van der Waals surface area (Å²) in [5.41, 5.74) is 2.31. The monoisotopic (exact) mass is 1020 g/mol. The number of hydrogen-bond donors (Lipinski definition) is 1. The lowest BCUT2D eigenvalue weighted by molar-refractivity contribution is -0.182. The van der Waals surface area contributed by atoms with Gasteiger partial charge < -0.3 is 9.84 Å². The van der Waals surface area contributed by atoms with Gasteiger partial charge >= 0.3 is 5.97 Å². The molecule has 0 heterocycles. The van der Waals surface area contributed by atoms with E-state index in [4.69, 9.17) is 4.74 Å². The number of aliphatic hydroxyl groups is 1. The van der Waals surface area contributed by atoms with Gasteiger partial charge in [-0.25, -0.2) is 13.2 Å². The number of ether oxygens (including phenoxy) is 1. The highest BCUT2D eigenvalue weighted by Crippen LogP contribution is 2.58. The third-order valence-electron chi connectivity index (χ3n) is 13.2. The topological polar surface area (TPSA) is 80.7 Å². The van der Waals surface area contributed by atoms with Gasteiger partial charge in [0.15, 0.2) is 22.6 Å². The van der Waals surface area contributed by atoms with Crippen LogP contribution >= 0.6 is 35.3 Å². The van der Waals surface area contributed by atoms with Gasteiger partial charge in [0.25, 0.3) is 5.92 Å². The predicted octanol–water partition coefficient (Wildman–Crippen LogP) is 14.6. The van der Waals surface area contributed by atoms with Gasteiger partial charge in [0.2, 0.25) is 0 Å². The van der Waals surface area contributed by atoms with E-state index in [2.05, 4.69) is 49.6 Å². The zero-order chi connectivity index (χ0) is 49.8. The molecular weight excluding hydrogens is 962 g/mol. The Labute approximate surface area is 426 Å². The van der Waals surface area contributed by atoms with E-state index < -0.39 is 30.1 Å². The van der Waals surface area contributed by atoms with Crippen LogP contribution in [-0.4, -0.2) is 65.2 Å². The molecule has 4 aliphatic rings. The molecule has 4 bridgehead atoms. The third-order valence-corrected chi connectivity index (χ3v) is 17.9. The Kier molecular flexibility index (Phi) is 18.7. The van der Waals surface area contributed by atoms with Gasteiger partial charge in [-0.2, -0.15) is 0 Å². The average Bonchev–Trinajstić information content (AvgIpc) is 3.36. The number of carbonyl (C=O) groups excluding carboxylic acids is 3. The van der Waals surface area contributed by atoms with Crippen molar-refractivity contribution >= 4 is 63.7 Å². The summed E-state index contributed by atoms with van der Waals surface area (Å²) in [6.45, 7) is 2.41. The van der Waals surface area contributed by atoms with E-state index in [1.54, 1.807) is 35.3 Å². The fourth-order valence-corrected chi connectivity index (χ4v) is 12.7. The molecule has 12 heteroatoms. The molecule has 70 heavy (non-hydrogen) atoms. The molecule has 0 radical (unpaired) electrons. The van der Waals surface area contributed by atoms with E-state index in [9.17, 15) is 32.7 Å². The van der Waals surface area contributed by atoms with Crippen LogP contribution in [0.1, 0.15) is 84.2 Å². The number of carbonyl (C=O) groups is 3. The van der Waals surface area contributed by atoms with E-state index >= 15 is 0 Å². The normalized spacial score (nSPS) is 20.7. The molecule has 4 aliphatic carbocycles. The maximum atomic E-state index is 13.2. The van der Waals surface area contributed by atoms with Crippen molar-refractivity contribution in [2.45, 2.75) is 99.4 Å². The summed E-state index contributed by atoms with van der Waals surface area (Å²) in [5, 5.41) is 10.5. The van der Waals surface area contributed by atoms with Crippen molar-refractivity contribution in [3.05, 3.63) is 180 Å². The lowest BCUT2D eigenvalue weighted by Gasteiger charge is -2.57. The number of halogens is 3. The molecule has 0 amide bonds. The van der Waals surface area contributed by atoms with Crippen molar-refractivity contribution in [2.24, 2.45) is 23.7 Å². The van der Waals surface area contributed by atoms with Crippen LogP contribution in [0.5, 0.6) is 0 Å². The maximum absolute atomic E-state index is 13.2. The summed E-state index contributed by atoms with van der Waals surface area (Å²) in [6.07, 6.45) is 5.42. The van der Waals surface area contributed by atoms with Crippen molar-refractivity contribution in [1.29, 1.82) is 0 Å². The first-order valence-corrected chi connectivity index (χ1v) is 28.3. The number of hydrogen-bond acceptors (Lipinski definition) is 8. The van der Waals surface area contributed by atoms with Crippen LogP contribution in [0.3, 0.4) is 0 Å². The SMILES string of the molecule is CC(F)(F)C(F)CCOC(=O)C1C2CC3CC1CC(O)(C3)C2.CC[S+](C)c1ccc(C(=O)c2ccc(Sc3ccccc3)cc2)cc1.CSc1ccc(C(=O)c2ccc(Sc3ccccc3)cc2)cc1. The summed E-state index contributed by atoms with van der Waals surface area (Å²) in [7, 11) is 0.257. The van der Waals surface area contributed by atoms with E-state index in [1.807, 2.05) is 128 Å². The van der Waals surface area contributed by atoms with Crippen LogP contribution in [0.25, 0.3) is 0 Å². The predicted molar refractivity (Wildman–Crippen MR) is 281 cm³/mol. The summed E-state index contributed by atoms with van der Waals surface area (Å²) in [6, 6.07) is 51.9. The van der Waals surface area contributed by atoms with Crippen molar-refractivity contribution in [3.63, 3.8) is 0 Å². The first kappa shape index (κ1) is 53.1. The summed E-state index contributed by atoms with van der Waals surface area (Å²) in [5.74, 6) is -2.05. The van der Waals surface area contributed by atoms with Gasteiger partial charge in [-0.15, -0.1) is 11.8 Å². The third kappa shape index (κ3) is 14.5. The maximum Gasteiger partial charge on any atom is 0.309 e. The molecule has 0 aromatic heterocycles. The second-order valence-corrected chi connectivity index (χ2v) is 23.8. The van der Waals surface area contributed by atoms with E-state index in [1.165, 1.54) is 14.7 Å². The molecule has 4 unspecified atom stereocenters. The van der Waals surface area contributed by atoms with E-state index in [-0.39, 0.29) is 46.8 Å². The van der Waals surface area contributed by atoms with Crippen molar-refractivity contribution < 1.29 is 37.4 Å². The van der Waals surface area contributed by atoms with Crippen molar-refractivity contribution in [3.8, 4) is 0 Å². The van der Waals surface area contributed by atoms with E-state index in [0.717, 1.165) is 62.0 Å². The second kappa shape index (κ2) is 24.6. The van der Waals surface area contributed by atoms with Crippen LogP contribution in [0, 0.1) is 23.7 Å². The zero-order valence-electron chi connectivity index (χ0n) is 39.9. The van der Waals surface area contributed by atoms with Crippen molar-refractivity contribution in [1.82, 2.24) is 0 Å². The molecular formula is C58H60F3O5S4+. The Morgan fingerprint density at radius 1 is 0.657 bits per heavy atom. The number of benzene rings is 6. The number of thioether (sulfide) groups is 1. The molecule has 1 N–H and O–H groups in total. The highest BCUT2D eigenvalue weighted by atomic mass is 32.2. The van der Waals surface area contributed by atoms with Crippen LogP contribution in [0.4, 0.5) is 13.2 Å². The molecule has 4 saturated carbocycles. The highest BCUT2D eigenvalue weighted by Gasteiger charge is 2.57. The summed E-state index contributed by atoms with van der Waals surface area (Å²) < 4.78 is 43.7. The minimum atomic E-state index is -3.40. The molecule has 5 nitrogen and oxygen atoms in total. The highest BCUT2D eigenvalue weighted by molar-refractivity contribution is 7.99. The molecule has 0 aliphatic heterocycles. The first-order valence-electron chi connectivity index (χ1n) is 23.6. The Bertz CT molecular complexity index is 2610. The molecule has 0 spiro atoms. The first-order chi connectivity index (χ1) is 33.6. The quantitative estimate of drug-likeness (QED) is 0.0444. The number of esters is 1. The lowest BCUT2D eigenvalue weighted by Crippen LogP contribution is -2.56. The van der Waals surface area contributed by atoms with Crippen LogP contribution in [-0.2, 0) is 20.4 Å². The average molecular weight is 1020 g/mol. The van der Waals surface area contributed by atoms with Gasteiger partial charge in [-0.3, -0.25) is 14.4 Å². The number of alkyl halides is 3. The van der Waals surface area contributed by atoms with Gasteiger partial charge in [0.1, 0.15) is 12.0 Å². The molecule has 4 atom stereocenters. The molecule has 6 aromatic rings. The number of rotatable bonds is 16. The van der Waals surface area contributed by atoms with Gasteiger partial charge in [-0.1, -0.05) is 59.9 Å². The Balaban J connectivity index is 0.000000155. The van der Waals surface area contributed by atoms with E-state index in [0.29, 0.717) is 25.7 Å². The molecule has 4 fully saturated rings. The standard InChI is InChI=1S/C22H21OS2.C20H16OS2.C16H23F3O3/c1-3-25(2)21-15-11-18(12-16-21)22(23)17-9-13-20(14-10-17)24-19-7-5-4-6-8-19;1-22-17-11-7-15(8-12-17)20(21)16-9-13-19(14-10-16)23-18-5-3-2-4-6-18;1-15(18,19)12(17)2-3-22-14(20)13-10-4-9-5-11(13)8-16(21,6-9)7-10/h4-16H,3H2,1-2H3;2-14H,1H3;9-13,21H,2-8H2,1H3/q+1;;. The Hall–Kier alpha value is -4.72. The molecule has 0 saturated heterocycles. The van der Waals surface area contributed by atoms with Gasteiger partial charge in [-0.05, 0) is 184 Å². The fourth-order valence-electron chi connectivity index (χ4n) is 9.66. The lowest BCUT2D eigenvalue weighted by atomic mass is 9.50. The largest absolute Gasteiger partial charge is 0.465 e. The fraction of sp³-hybridized carbons (Fsp3) is 0.328. The smallest absolute Gasteiger partial charge is 0.309 e.